The molecule has 0 spiro atoms. The zero-order valence-electron chi connectivity index (χ0n) is 19.0. The molecule has 34 heavy (non-hydrogen) atoms. The summed E-state index contributed by atoms with van der Waals surface area (Å²) in [7, 11) is 0. The van der Waals surface area contributed by atoms with Gasteiger partial charge in [0.1, 0.15) is 0 Å². The zero-order chi connectivity index (χ0) is 23.1. The molecule has 3 aromatic heterocycles. The highest BCUT2D eigenvalue weighted by atomic mass is 35.5. The smallest absolute Gasteiger partial charge is 0.213 e. The molecular weight excluding hydrogens is 464 g/mol. The molecule has 8 heteroatoms. The third-order valence-corrected chi connectivity index (χ3v) is 7.49. The van der Waals surface area contributed by atoms with Crippen molar-refractivity contribution in [2.24, 2.45) is 0 Å². The maximum atomic E-state index is 6.34. The van der Waals surface area contributed by atoms with Crippen molar-refractivity contribution in [1.82, 2.24) is 24.5 Å². The lowest BCUT2D eigenvalue weighted by molar-refractivity contribution is 0.288. The van der Waals surface area contributed by atoms with Gasteiger partial charge in [-0.05, 0) is 49.1 Å². The summed E-state index contributed by atoms with van der Waals surface area (Å²) >= 11 is 8.16. The fraction of sp³-hybridized carbons (Fsp3) is 0.269. The molecule has 0 N–H and O–H groups in total. The Hall–Kier alpha value is -3.00. The minimum atomic E-state index is 0.673. The number of thiophene rings is 1. The van der Waals surface area contributed by atoms with E-state index in [1.165, 1.54) is 10.4 Å². The van der Waals surface area contributed by atoms with Crippen LogP contribution < -0.4 is 4.90 Å². The SMILES string of the molecule is Cc1cccc(-c2nnc3c4ccc(Cl)cc4nc(N4CCCN(Cc5cccs5)CC4)n23)c1. The van der Waals surface area contributed by atoms with Crippen molar-refractivity contribution in [3.05, 3.63) is 75.4 Å². The number of hydrogen-bond acceptors (Lipinski definition) is 6. The maximum Gasteiger partial charge on any atom is 0.213 e. The summed E-state index contributed by atoms with van der Waals surface area (Å²) in [4.78, 5) is 11.4. The summed E-state index contributed by atoms with van der Waals surface area (Å²) in [5.74, 6) is 1.70. The molecule has 0 atom stereocenters. The van der Waals surface area contributed by atoms with Crippen LogP contribution in [-0.4, -0.2) is 50.7 Å². The van der Waals surface area contributed by atoms with Gasteiger partial charge in [-0.15, -0.1) is 21.5 Å². The molecule has 0 amide bonds. The minimum absolute atomic E-state index is 0.673. The highest BCUT2D eigenvalue weighted by Crippen LogP contribution is 2.30. The van der Waals surface area contributed by atoms with Crippen LogP contribution in [0.25, 0.3) is 27.9 Å². The minimum Gasteiger partial charge on any atom is -0.341 e. The highest BCUT2D eigenvalue weighted by Gasteiger charge is 2.23. The van der Waals surface area contributed by atoms with Crippen LogP contribution in [0.5, 0.6) is 0 Å². The van der Waals surface area contributed by atoms with Crippen LogP contribution in [0.15, 0.2) is 60.0 Å². The number of hydrogen-bond donors (Lipinski definition) is 0. The first-order chi connectivity index (χ1) is 16.7. The second-order valence-electron chi connectivity index (χ2n) is 8.82. The molecule has 1 aliphatic heterocycles. The lowest BCUT2D eigenvalue weighted by Crippen LogP contribution is -2.32. The van der Waals surface area contributed by atoms with Gasteiger partial charge in [0, 0.05) is 53.6 Å². The highest BCUT2D eigenvalue weighted by molar-refractivity contribution is 7.09. The van der Waals surface area contributed by atoms with Crippen molar-refractivity contribution in [2.45, 2.75) is 19.9 Å². The number of benzene rings is 2. The maximum absolute atomic E-state index is 6.34. The normalized spacial score (nSPS) is 15.3. The van der Waals surface area contributed by atoms with Crippen LogP contribution in [0.2, 0.25) is 5.02 Å². The second kappa shape index (κ2) is 8.98. The number of aryl methyl sites for hydroxylation is 1. The molecule has 1 aliphatic rings. The van der Waals surface area contributed by atoms with Crippen molar-refractivity contribution in [2.75, 3.05) is 31.1 Å². The van der Waals surface area contributed by atoms with Crippen LogP contribution >= 0.6 is 22.9 Å². The molecule has 6 rings (SSSR count). The zero-order valence-corrected chi connectivity index (χ0v) is 20.6. The molecule has 0 bridgehead atoms. The number of fused-ring (bicyclic) bond motifs is 3. The summed E-state index contributed by atoms with van der Waals surface area (Å²) in [5.41, 5.74) is 3.89. The Morgan fingerprint density at radius 2 is 1.91 bits per heavy atom. The van der Waals surface area contributed by atoms with Gasteiger partial charge in [0.15, 0.2) is 11.5 Å². The standard InChI is InChI=1S/C26H25ClN6S/c1-18-5-2-6-19(15-18)24-29-30-25-22-9-8-20(27)16-23(22)28-26(33(24)25)32-11-4-10-31(12-13-32)17-21-7-3-14-34-21/h2-3,5-9,14-16H,4,10-13,17H2,1H3. The topological polar surface area (TPSA) is 49.6 Å². The van der Waals surface area contributed by atoms with Gasteiger partial charge in [0.25, 0.3) is 0 Å². The Kier molecular flexibility index (Phi) is 5.69. The van der Waals surface area contributed by atoms with Gasteiger partial charge >= 0.3 is 0 Å². The molecule has 5 aromatic rings. The molecule has 1 saturated heterocycles. The van der Waals surface area contributed by atoms with E-state index in [0.29, 0.717) is 5.02 Å². The first kappa shape index (κ1) is 21.5. The molecule has 0 unspecified atom stereocenters. The quantitative estimate of drug-likeness (QED) is 0.325. The van der Waals surface area contributed by atoms with Crippen molar-refractivity contribution in [1.29, 1.82) is 0 Å². The predicted octanol–water partition coefficient (Wildman–Crippen LogP) is 5.68. The lowest BCUT2D eigenvalue weighted by atomic mass is 10.1. The largest absolute Gasteiger partial charge is 0.341 e. The molecule has 4 heterocycles. The van der Waals surface area contributed by atoms with Crippen LogP contribution in [0.3, 0.4) is 0 Å². The predicted molar refractivity (Wildman–Crippen MR) is 140 cm³/mol. The average molecular weight is 489 g/mol. The van der Waals surface area contributed by atoms with Crippen LogP contribution in [0, 0.1) is 6.92 Å². The first-order valence-corrected chi connectivity index (χ1v) is 12.8. The Bertz CT molecular complexity index is 1460. The third-order valence-electron chi connectivity index (χ3n) is 6.39. The van der Waals surface area contributed by atoms with Crippen molar-refractivity contribution >= 4 is 45.4 Å². The Morgan fingerprint density at radius 1 is 0.971 bits per heavy atom. The Balaban J connectivity index is 1.45. The molecule has 0 radical (unpaired) electrons. The van der Waals surface area contributed by atoms with Gasteiger partial charge in [-0.3, -0.25) is 4.90 Å². The lowest BCUT2D eigenvalue weighted by Gasteiger charge is -2.24. The Labute approximate surface area is 207 Å². The number of nitrogens with zero attached hydrogens (tertiary/aromatic N) is 6. The van der Waals surface area contributed by atoms with E-state index < -0.39 is 0 Å². The van der Waals surface area contributed by atoms with Gasteiger partial charge in [-0.25, -0.2) is 9.38 Å². The number of rotatable bonds is 4. The van der Waals surface area contributed by atoms with Gasteiger partial charge in [-0.1, -0.05) is 41.4 Å². The summed E-state index contributed by atoms with van der Waals surface area (Å²) < 4.78 is 2.12. The van der Waals surface area contributed by atoms with Gasteiger partial charge < -0.3 is 4.90 Å². The summed E-state index contributed by atoms with van der Waals surface area (Å²) in [6.45, 7) is 6.98. The molecular formula is C26H25ClN6S. The fourth-order valence-corrected chi connectivity index (χ4v) is 5.64. The van der Waals surface area contributed by atoms with E-state index in [1.54, 1.807) is 0 Å². The van der Waals surface area contributed by atoms with E-state index in [-0.39, 0.29) is 0 Å². The average Bonchev–Trinajstić information content (AvgIpc) is 3.45. The van der Waals surface area contributed by atoms with Crippen molar-refractivity contribution in [3.63, 3.8) is 0 Å². The summed E-state index contributed by atoms with van der Waals surface area (Å²) in [5, 5.41) is 13.0. The van der Waals surface area contributed by atoms with E-state index >= 15 is 0 Å². The van der Waals surface area contributed by atoms with Crippen molar-refractivity contribution < 1.29 is 0 Å². The van der Waals surface area contributed by atoms with E-state index in [9.17, 15) is 0 Å². The monoisotopic (exact) mass is 488 g/mol. The molecule has 0 saturated carbocycles. The van der Waals surface area contributed by atoms with Gasteiger partial charge in [-0.2, -0.15) is 0 Å². The molecule has 172 valence electrons. The molecule has 6 nitrogen and oxygen atoms in total. The molecule has 1 fully saturated rings. The number of anilines is 1. The van der Waals surface area contributed by atoms with E-state index in [4.69, 9.17) is 16.6 Å². The summed E-state index contributed by atoms with van der Waals surface area (Å²) in [6.07, 6.45) is 1.07. The van der Waals surface area contributed by atoms with Gasteiger partial charge in [0.05, 0.1) is 5.52 Å². The third kappa shape index (κ3) is 4.04. The summed E-state index contributed by atoms with van der Waals surface area (Å²) in [6, 6.07) is 18.5. The van der Waals surface area contributed by atoms with Gasteiger partial charge in [0.2, 0.25) is 5.95 Å². The van der Waals surface area contributed by atoms with Crippen LogP contribution in [-0.2, 0) is 6.54 Å². The van der Waals surface area contributed by atoms with E-state index in [2.05, 4.69) is 73.1 Å². The second-order valence-corrected chi connectivity index (χ2v) is 10.3. The first-order valence-electron chi connectivity index (χ1n) is 11.6. The number of halogens is 1. The van der Waals surface area contributed by atoms with Crippen LogP contribution in [0.4, 0.5) is 5.95 Å². The van der Waals surface area contributed by atoms with E-state index in [0.717, 1.165) is 73.0 Å². The Morgan fingerprint density at radius 3 is 2.76 bits per heavy atom. The molecule has 0 aliphatic carbocycles. The number of aromatic nitrogens is 4. The fourth-order valence-electron chi connectivity index (χ4n) is 4.73. The van der Waals surface area contributed by atoms with Crippen molar-refractivity contribution in [3.8, 4) is 11.4 Å². The van der Waals surface area contributed by atoms with Crippen LogP contribution in [0.1, 0.15) is 16.9 Å². The molecule has 2 aromatic carbocycles. The van der Waals surface area contributed by atoms with E-state index in [1.807, 2.05) is 29.5 Å².